The predicted octanol–water partition coefficient (Wildman–Crippen LogP) is 4.15. The topological polar surface area (TPSA) is 54.0 Å². The van der Waals surface area contributed by atoms with Gasteiger partial charge in [-0.15, -0.1) is 0 Å². The average molecular weight is 348 g/mol. The summed E-state index contributed by atoms with van der Waals surface area (Å²) in [5.41, 5.74) is 3.54. The second kappa shape index (κ2) is 6.72. The van der Waals surface area contributed by atoms with Crippen LogP contribution in [0.25, 0.3) is 0 Å². The molecule has 0 aliphatic carbocycles. The third-order valence-electron chi connectivity index (χ3n) is 2.92. The maximum atomic E-state index is 12.5. The Morgan fingerprint density at radius 2 is 1.86 bits per heavy atom. The second-order valence-corrected chi connectivity index (χ2v) is 5.83. The van der Waals surface area contributed by atoms with E-state index in [0.29, 0.717) is 17.9 Å². The molecule has 0 radical (unpaired) electrons. The summed E-state index contributed by atoms with van der Waals surface area (Å²) >= 11 is 3.35. The first-order chi connectivity index (χ1) is 9.99. The lowest BCUT2D eigenvalue weighted by Gasteiger charge is -2.11. The van der Waals surface area contributed by atoms with E-state index in [9.17, 15) is 4.79 Å². The summed E-state index contributed by atoms with van der Waals surface area (Å²) in [4.78, 5) is 16.7. The van der Waals surface area contributed by atoms with E-state index in [0.717, 1.165) is 21.3 Å². The Labute approximate surface area is 133 Å². The van der Waals surface area contributed by atoms with Crippen LogP contribution in [0.15, 0.2) is 34.9 Å². The highest BCUT2D eigenvalue weighted by Gasteiger charge is 2.13. The van der Waals surface area contributed by atoms with E-state index >= 15 is 0 Å². The number of amides is 1. The highest BCUT2D eigenvalue weighted by Crippen LogP contribution is 2.20. The van der Waals surface area contributed by atoms with Crippen molar-refractivity contribution in [3.05, 3.63) is 51.6 Å². The zero-order chi connectivity index (χ0) is 15.4. The molecule has 0 fully saturated rings. The molecule has 110 valence electrons. The van der Waals surface area contributed by atoms with E-state index in [1.54, 1.807) is 12.3 Å². The Bertz CT molecular complexity index is 650. The first kappa shape index (κ1) is 15.5. The fraction of sp³-hybridized carbons (Fsp3) is 0.250. The highest BCUT2D eigenvalue weighted by molar-refractivity contribution is 9.10. The summed E-state index contributed by atoms with van der Waals surface area (Å²) in [5.74, 6) is 0.410. The Kier molecular flexibility index (Phi) is 4.96. The minimum atomic E-state index is -0.176. The number of nitrogens with zero attached hydrogens (tertiary/aromatic N) is 1. The number of nitrogens with one attached hydrogen (secondary N) is 2. The Hall–Kier alpha value is -1.88. The van der Waals surface area contributed by atoms with Gasteiger partial charge in [0.15, 0.2) is 0 Å². The number of carbonyl (C=O) groups excluding carboxylic acids is 1. The summed E-state index contributed by atoms with van der Waals surface area (Å²) in [5, 5.41) is 6.03. The van der Waals surface area contributed by atoms with Crippen LogP contribution in [0.1, 0.15) is 28.4 Å². The maximum absolute atomic E-state index is 12.5. The van der Waals surface area contributed by atoms with Gasteiger partial charge in [0.25, 0.3) is 5.91 Å². The van der Waals surface area contributed by atoms with E-state index in [2.05, 4.69) is 37.6 Å². The van der Waals surface area contributed by atoms with Crippen molar-refractivity contribution >= 4 is 33.3 Å². The van der Waals surface area contributed by atoms with Gasteiger partial charge in [-0.05, 0) is 66.0 Å². The molecule has 0 spiro atoms. The van der Waals surface area contributed by atoms with Crippen LogP contribution in [0.3, 0.4) is 0 Å². The Morgan fingerprint density at radius 3 is 2.48 bits per heavy atom. The number of anilines is 2. The zero-order valence-electron chi connectivity index (χ0n) is 12.3. The number of halogens is 1. The number of hydrogen-bond donors (Lipinski definition) is 2. The molecule has 1 heterocycles. The van der Waals surface area contributed by atoms with Crippen LogP contribution in [-0.2, 0) is 0 Å². The smallest absolute Gasteiger partial charge is 0.259 e. The van der Waals surface area contributed by atoms with Crippen LogP contribution in [-0.4, -0.2) is 17.4 Å². The molecule has 0 bridgehead atoms. The predicted molar refractivity (Wildman–Crippen MR) is 90.0 cm³/mol. The molecule has 1 aromatic heterocycles. The van der Waals surface area contributed by atoms with Crippen molar-refractivity contribution in [1.82, 2.24) is 4.98 Å². The van der Waals surface area contributed by atoms with Crippen LogP contribution in [0, 0.1) is 13.8 Å². The monoisotopic (exact) mass is 347 g/mol. The number of pyridine rings is 1. The van der Waals surface area contributed by atoms with E-state index in [1.165, 1.54) is 0 Å². The lowest BCUT2D eigenvalue weighted by atomic mass is 10.1. The molecular formula is C16H18BrN3O. The van der Waals surface area contributed by atoms with Gasteiger partial charge in [-0.1, -0.05) is 6.07 Å². The van der Waals surface area contributed by atoms with Crippen molar-refractivity contribution in [3.63, 3.8) is 0 Å². The lowest BCUT2D eigenvalue weighted by molar-refractivity contribution is 0.102. The number of rotatable bonds is 4. The molecule has 5 heteroatoms. The molecule has 0 saturated heterocycles. The third-order valence-corrected chi connectivity index (χ3v) is 3.36. The van der Waals surface area contributed by atoms with Crippen LogP contribution >= 0.6 is 15.9 Å². The number of aryl methyl sites for hydroxylation is 2. The van der Waals surface area contributed by atoms with Crippen molar-refractivity contribution in [3.8, 4) is 0 Å². The Balaban J connectivity index is 2.29. The molecule has 0 unspecified atom stereocenters. The van der Waals surface area contributed by atoms with Gasteiger partial charge in [-0.3, -0.25) is 4.79 Å². The summed E-state index contributed by atoms with van der Waals surface area (Å²) < 4.78 is 0.773. The van der Waals surface area contributed by atoms with Gasteiger partial charge >= 0.3 is 0 Å². The molecule has 4 nitrogen and oxygen atoms in total. The maximum Gasteiger partial charge on any atom is 0.259 e. The highest BCUT2D eigenvalue weighted by atomic mass is 79.9. The zero-order valence-corrected chi connectivity index (χ0v) is 13.9. The molecule has 0 aliphatic heterocycles. The molecular weight excluding hydrogens is 330 g/mol. The van der Waals surface area contributed by atoms with E-state index in [4.69, 9.17) is 0 Å². The summed E-state index contributed by atoms with van der Waals surface area (Å²) in [6, 6.07) is 7.73. The van der Waals surface area contributed by atoms with E-state index in [1.807, 2.05) is 32.9 Å². The molecule has 21 heavy (non-hydrogen) atoms. The van der Waals surface area contributed by atoms with Gasteiger partial charge in [0.1, 0.15) is 5.82 Å². The minimum absolute atomic E-state index is 0.176. The van der Waals surface area contributed by atoms with Gasteiger partial charge < -0.3 is 10.6 Å². The first-order valence-electron chi connectivity index (χ1n) is 6.78. The van der Waals surface area contributed by atoms with E-state index in [-0.39, 0.29) is 5.91 Å². The van der Waals surface area contributed by atoms with Crippen molar-refractivity contribution in [2.45, 2.75) is 20.8 Å². The fourth-order valence-electron chi connectivity index (χ4n) is 2.17. The average Bonchev–Trinajstić information content (AvgIpc) is 2.39. The van der Waals surface area contributed by atoms with Crippen LogP contribution < -0.4 is 10.6 Å². The number of benzene rings is 1. The van der Waals surface area contributed by atoms with Gasteiger partial charge in [-0.2, -0.15) is 0 Å². The summed E-state index contributed by atoms with van der Waals surface area (Å²) in [7, 11) is 0. The van der Waals surface area contributed by atoms with Crippen molar-refractivity contribution in [1.29, 1.82) is 0 Å². The SMILES string of the molecule is CCNc1ncc(Br)cc1C(=O)Nc1cc(C)cc(C)c1. The number of carbonyl (C=O) groups is 1. The molecule has 1 amide bonds. The number of hydrogen-bond acceptors (Lipinski definition) is 3. The molecule has 2 aromatic rings. The van der Waals surface area contributed by atoms with E-state index < -0.39 is 0 Å². The van der Waals surface area contributed by atoms with Crippen LogP contribution in [0.5, 0.6) is 0 Å². The summed E-state index contributed by atoms with van der Waals surface area (Å²) in [6.45, 7) is 6.69. The molecule has 1 aromatic carbocycles. The third kappa shape index (κ3) is 4.04. The summed E-state index contributed by atoms with van der Waals surface area (Å²) in [6.07, 6.45) is 1.67. The largest absolute Gasteiger partial charge is 0.370 e. The van der Waals surface area contributed by atoms with Crippen molar-refractivity contribution in [2.75, 3.05) is 17.2 Å². The van der Waals surface area contributed by atoms with Crippen LogP contribution in [0.2, 0.25) is 0 Å². The molecule has 0 atom stereocenters. The molecule has 2 rings (SSSR count). The van der Waals surface area contributed by atoms with Gasteiger partial charge in [0.05, 0.1) is 5.56 Å². The second-order valence-electron chi connectivity index (χ2n) is 4.91. The van der Waals surface area contributed by atoms with Gasteiger partial charge in [-0.25, -0.2) is 4.98 Å². The normalized spacial score (nSPS) is 10.3. The van der Waals surface area contributed by atoms with Crippen LogP contribution in [0.4, 0.5) is 11.5 Å². The first-order valence-corrected chi connectivity index (χ1v) is 7.58. The molecule has 0 saturated carbocycles. The lowest BCUT2D eigenvalue weighted by Crippen LogP contribution is -2.16. The molecule has 2 N–H and O–H groups in total. The standard InChI is InChI=1S/C16H18BrN3O/c1-4-18-15-14(8-12(17)9-19-15)16(21)20-13-6-10(2)5-11(3)7-13/h5-9H,4H2,1-3H3,(H,18,19)(H,20,21). The molecule has 0 aliphatic rings. The quantitative estimate of drug-likeness (QED) is 0.873. The fourth-order valence-corrected chi connectivity index (χ4v) is 2.50. The Morgan fingerprint density at radius 1 is 1.19 bits per heavy atom. The van der Waals surface area contributed by atoms with Gasteiger partial charge in [0.2, 0.25) is 0 Å². The van der Waals surface area contributed by atoms with Gasteiger partial charge in [0, 0.05) is 22.9 Å². The van der Waals surface area contributed by atoms with Crippen molar-refractivity contribution in [2.24, 2.45) is 0 Å². The number of aromatic nitrogens is 1. The minimum Gasteiger partial charge on any atom is -0.370 e. The van der Waals surface area contributed by atoms with Crippen molar-refractivity contribution < 1.29 is 4.79 Å².